The highest BCUT2D eigenvalue weighted by atomic mass is 16.5. The summed E-state index contributed by atoms with van der Waals surface area (Å²) in [6.45, 7) is 7.01. The van der Waals surface area contributed by atoms with E-state index in [9.17, 15) is 5.26 Å². The number of nitrogens with one attached hydrogen (secondary N) is 3. The van der Waals surface area contributed by atoms with Crippen molar-refractivity contribution in [3.63, 3.8) is 0 Å². The van der Waals surface area contributed by atoms with Gasteiger partial charge >= 0.3 is 0 Å². The molecule has 1 fully saturated rings. The molecule has 2 aromatic carbocycles. The molecule has 0 radical (unpaired) electrons. The average Bonchev–Trinajstić information content (AvgIpc) is 3.40. The second kappa shape index (κ2) is 10.6. The molecular weight excluding hydrogens is 448 g/mol. The SMILES string of the molecule is COc1c(/C=C/c2cncc(C#N)c2Nc2ccc3[nH]ccc3c2C)cccc1CN1CCNCC1. The van der Waals surface area contributed by atoms with Crippen LogP contribution in [-0.2, 0) is 6.54 Å². The number of para-hydroxylation sites is 1. The van der Waals surface area contributed by atoms with Crippen LogP contribution in [0.4, 0.5) is 11.4 Å². The number of anilines is 2. The number of piperazine rings is 1. The van der Waals surface area contributed by atoms with Gasteiger partial charge in [-0.1, -0.05) is 30.4 Å². The van der Waals surface area contributed by atoms with E-state index >= 15 is 0 Å². The topological polar surface area (TPSA) is 89.0 Å². The van der Waals surface area contributed by atoms with Gasteiger partial charge in [-0.25, -0.2) is 0 Å². The summed E-state index contributed by atoms with van der Waals surface area (Å²) in [4.78, 5) is 9.99. The molecule has 7 nitrogen and oxygen atoms in total. The Morgan fingerprint density at radius 1 is 1.11 bits per heavy atom. The van der Waals surface area contributed by atoms with Crippen LogP contribution in [0.2, 0.25) is 0 Å². The lowest BCUT2D eigenvalue weighted by molar-refractivity contribution is 0.230. The minimum Gasteiger partial charge on any atom is -0.496 e. The van der Waals surface area contributed by atoms with Gasteiger partial charge in [0.05, 0.1) is 18.4 Å². The lowest BCUT2D eigenvalue weighted by Crippen LogP contribution is -2.42. The number of H-pyrrole nitrogens is 1. The van der Waals surface area contributed by atoms with Gasteiger partial charge in [-0.05, 0) is 30.7 Å². The highest BCUT2D eigenvalue weighted by Gasteiger charge is 2.15. The Morgan fingerprint density at radius 3 is 2.75 bits per heavy atom. The Kier molecular flexibility index (Phi) is 6.99. The third-order valence-corrected chi connectivity index (χ3v) is 6.74. The summed E-state index contributed by atoms with van der Waals surface area (Å²) in [5.41, 5.74) is 7.37. The molecule has 1 aliphatic heterocycles. The van der Waals surface area contributed by atoms with Crippen LogP contribution in [0, 0.1) is 18.3 Å². The van der Waals surface area contributed by atoms with Gasteiger partial charge < -0.3 is 20.4 Å². The Labute approximate surface area is 211 Å². The number of aromatic nitrogens is 2. The summed E-state index contributed by atoms with van der Waals surface area (Å²) in [6, 6.07) is 14.7. The summed E-state index contributed by atoms with van der Waals surface area (Å²) < 4.78 is 5.85. The molecule has 0 bridgehead atoms. The zero-order valence-electron chi connectivity index (χ0n) is 20.6. The number of pyridine rings is 1. The number of fused-ring (bicyclic) bond motifs is 1. The van der Waals surface area contributed by atoms with E-state index < -0.39 is 0 Å². The maximum Gasteiger partial charge on any atom is 0.130 e. The molecule has 1 saturated heterocycles. The Morgan fingerprint density at radius 2 is 1.94 bits per heavy atom. The van der Waals surface area contributed by atoms with Gasteiger partial charge in [0.1, 0.15) is 11.8 Å². The van der Waals surface area contributed by atoms with Crippen molar-refractivity contribution in [2.45, 2.75) is 13.5 Å². The molecule has 0 unspecified atom stereocenters. The third kappa shape index (κ3) is 4.82. The van der Waals surface area contributed by atoms with Crippen molar-refractivity contribution < 1.29 is 4.74 Å². The standard InChI is InChI=1S/C29H30N6O/c1-20-25-10-11-33-27(25)9-8-26(20)34-28-22(17-32-18-24(28)16-30)7-6-21-4-3-5-23(29(21)36-2)19-35-14-12-31-13-15-35/h3-11,17-18,31,33H,12-15,19H2,1-2H3,(H,32,34)/b7-6+. The molecule has 36 heavy (non-hydrogen) atoms. The molecular formula is C29H30N6O. The monoisotopic (exact) mass is 478 g/mol. The van der Waals surface area contributed by atoms with Crippen molar-refractivity contribution in [2.75, 3.05) is 38.6 Å². The van der Waals surface area contributed by atoms with Crippen LogP contribution in [0.15, 0.2) is 55.0 Å². The molecule has 0 aliphatic carbocycles. The van der Waals surface area contributed by atoms with E-state index in [1.54, 1.807) is 19.5 Å². The Bertz CT molecular complexity index is 1440. The number of rotatable bonds is 7. The zero-order valence-corrected chi connectivity index (χ0v) is 20.6. The van der Waals surface area contributed by atoms with Crippen molar-refractivity contribution in [3.8, 4) is 11.8 Å². The second-order valence-corrected chi connectivity index (χ2v) is 8.96. The number of nitrogens with zero attached hydrogens (tertiary/aromatic N) is 3. The third-order valence-electron chi connectivity index (χ3n) is 6.74. The number of methoxy groups -OCH3 is 1. The molecule has 5 rings (SSSR count). The highest BCUT2D eigenvalue weighted by molar-refractivity contribution is 5.90. The molecule has 0 spiro atoms. The van der Waals surface area contributed by atoms with E-state index in [4.69, 9.17) is 4.74 Å². The highest BCUT2D eigenvalue weighted by Crippen LogP contribution is 2.32. The van der Waals surface area contributed by atoms with Crippen LogP contribution in [0.5, 0.6) is 5.75 Å². The number of nitriles is 1. The van der Waals surface area contributed by atoms with Crippen LogP contribution in [-0.4, -0.2) is 48.2 Å². The van der Waals surface area contributed by atoms with Crippen LogP contribution >= 0.6 is 0 Å². The van der Waals surface area contributed by atoms with E-state index in [0.29, 0.717) is 5.56 Å². The van der Waals surface area contributed by atoms with Gasteiger partial charge in [-0.15, -0.1) is 0 Å². The van der Waals surface area contributed by atoms with Crippen LogP contribution in [0.1, 0.15) is 27.8 Å². The molecule has 1 aliphatic rings. The summed E-state index contributed by atoms with van der Waals surface area (Å²) in [6.07, 6.45) is 9.34. The fraction of sp³-hybridized carbons (Fsp3) is 0.241. The molecule has 7 heteroatoms. The molecule has 2 aromatic heterocycles. The quantitative estimate of drug-likeness (QED) is 0.344. The minimum absolute atomic E-state index is 0.491. The number of hydrogen-bond donors (Lipinski definition) is 3. The maximum atomic E-state index is 9.80. The fourth-order valence-corrected chi connectivity index (χ4v) is 4.78. The number of ether oxygens (including phenoxy) is 1. The second-order valence-electron chi connectivity index (χ2n) is 8.96. The lowest BCUT2D eigenvalue weighted by atomic mass is 10.0. The predicted octanol–water partition coefficient (Wildman–Crippen LogP) is 5.07. The molecule has 3 N–H and O–H groups in total. The van der Waals surface area contributed by atoms with Gasteiger partial charge in [-0.3, -0.25) is 9.88 Å². The number of aryl methyl sites for hydroxylation is 1. The van der Waals surface area contributed by atoms with Gasteiger partial charge in [0.15, 0.2) is 0 Å². The normalized spacial score (nSPS) is 14.2. The van der Waals surface area contributed by atoms with E-state index in [-0.39, 0.29) is 0 Å². The van der Waals surface area contributed by atoms with Gasteiger partial charge in [-0.2, -0.15) is 5.26 Å². The van der Waals surface area contributed by atoms with Crippen molar-refractivity contribution in [2.24, 2.45) is 0 Å². The van der Waals surface area contributed by atoms with Crippen molar-refractivity contribution in [1.29, 1.82) is 5.26 Å². The predicted molar refractivity (Wildman–Crippen MR) is 145 cm³/mol. The summed E-state index contributed by atoms with van der Waals surface area (Å²) in [7, 11) is 1.72. The van der Waals surface area contributed by atoms with E-state index in [0.717, 1.165) is 77.4 Å². The first-order valence-corrected chi connectivity index (χ1v) is 12.2. The first-order valence-electron chi connectivity index (χ1n) is 12.2. The molecule has 0 atom stereocenters. The summed E-state index contributed by atoms with van der Waals surface area (Å²) in [5, 5.41) is 17.9. The van der Waals surface area contributed by atoms with Crippen LogP contribution in [0.25, 0.3) is 23.1 Å². The van der Waals surface area contributed by atoms with Gasteiger partial charge in [0, 0.05) is 84.6 Å². The number of hydrogen-bond acceptors (Lipinski definition) is 6. The first-order chi connectivity index (χ1) is 17.7. The Balaban J connectivity index is 1.47. The molecule has 182 valence electrons. The smallest absolute Gasteiger partial charge is 0.130 e. The molecule has 0 amide bonds. The van der Waals surface area contributed by atoms with Crippen molar-refractivity contribution >= 4 is 34.4 Å². The van der Waals surface area contributed by atoms with Crippen molar-refractivity contribution in [3.05, 3.63) is 82.8 Å². The number of benzene rings is 2. The van der Waals surface area contributed by atoms with E-state index in [1.165, 1.54) is 5.56 Å². The molecule has 4 aromatic rings. The summed E-state index contributed by atoms with van der Waals surface area (Å²) >= 11 is 0. The van der Waals surface area contributed by atoms with E-state index in [1.807, 2.05) is 30.5 Å². The van der Waals surface area contributed by atoms with Crippen molar-refractivity contribution in [1.82, 2.24) is 20.2 Å². The lowest BCUT2D eigenvalue weighted by Gasteiger charge is -2.28. The average molecular weight is 479 g/mol. The zero-order chi connectivity index (χ0) is 24.9. The molecule has 3 heterocycles. The van der Waals surface area contributed by atoms with E-state index in [2.05, 4.69) is 62.8 Å². The van der Waals surface area contributed by atoms with Gasteiger partial charge in [0.25, 0.3) is 0 Å². The Hall–Kier alpha value is -4.12. The fourth-order valence-electron chi connectivity index (χ4n) is 4.78. The van der Waals surface area contributed by atoms with Crippen LogP contribution in [0.3, 0.4) is 0 Å². The minimum atomic E-state index is 0.491. The summed E-state index contributed by atoms with van der Waals surface area (Å²) in [5.74, 6) is 0.875. The number of aromatic amines is 1. The largest absolute Gasteiger partial charge is 0.496 e. The maximum absolute atomic E-state index is 9.80. The molecule has 0 saturated carbocycles. The van der Waals surface area contributed by atoms with Gasteiger partial charge in [0.2, 0.25) is 0 Å². The first kappa shape index (κ1) is 23.6. The van der Waals surface area contributed by atoms with Crippen LogP contribution < -0.4 is 15.4 Å².